The average molecular weight is 364 g/mol. The van der Waals surface area contributed by atoms with Gasteiger partial charge in [0.25, 0.3) is 0 Å². The molecule has 1 heterocycles. The summed E-state index contributed by atoms with van der Waals surface area (Å²) in [5.41, 5.74) is 2.96. The molecule has 1 aromatic heterocycles. The van der Waals surface area contributed by atoms with Crippen LogP contribution in [0.2, 0.25) is 0 Å². The second-order valence-electron chi connectivity index (χ2n) is 6.31. The van der Waals surface area contributed by atoms with Gasteiger partial charge in [0.1, 0.15) is 11.6 Å². The largest absolute Gasteiger partial charge is 0.378 e. The Balaban J connectivity index is 1.58. The molecule has 0 aliphatic heterocycles. The van der Waals surface area contributed by atoms with Gasteiger partial charge in [-0.1, -0.05) is 18.2 Å². The van der Waals surface area contributed by atoms with Gasteiger partial charge in [0.2, 0.25) is 5.91 Å². The third-order valence-electron chi connectivity index (χ3n) is 4.01. The topological polar surface area (TPSA) is 57.3 Å². The van der Waals surface area contributed by atoms with Gasteiger partial charge in [0.15, 0.2) is 0 Å². The van der Waals surface area contributed by atoms with Crippen LogP contribution in [0, 0.1) is 5.82 Å². The van der Waals surface area contributed by atoms with Crippen molar-refractivity contribution in [2.75, 3.05) is 29.6 Å². The van der Waals surface area contributed by atoms with Gasteiger partial charge in [-0.25, -0.2) is 9.37 Å². The molecule has 2 N–H and O–H groups in total. The number of amides is 1. The number of carbonyl (C=O) groups is 1. The van der Waals surface area contributed by atoms with Crippen LogP contribution in [-0.4, -0.2) is 25.0 Å². The van der Waals surface area contributed by atoms with E-state index in [9.17, 15) is 9.18 Å². The SMILES string of the molecule is CN(C)c1ccc(Nc2ccc(NC(=O)Cc3ccccc3F)cn2)cc1. The van der Waals surface area contributed by atoms with E-state index in [1.54, 1.807) is 36.5 Å². The molecule has 0 aliphatic rings. The van der Waals surface area contributed by atoms with E-state index in [2.05, 4.69) is 15.6 Å². The lowest BCUT2D eigenvalue weighted by molar-refractivity contribution is -0.115. The fourth-order valence-corrected chi connectivity index (χ4v) is 2.55. The Morgan fingerprint density at radius 3 is 2.33 bits per heavy atom. The number of aromatic nitrogens is 1. The second-order valence-corrected chi connectivity index (χ2v) is 6.31. The lowest BCUT2D eigenvalue weighted by Gasteiger charge is -2.13. The van der Waals surface area contributed by atoms with Crippen molar-refractivity contribution in [1.29, 1.82) is 0 Å². The van der Waals surface area contributed by atoms with Crippen molar-refractivity contribution in [3.8, 4) is 0 Å². The van der Waals surface area contributed by atoms with Gasteiger partial charge in [-0.3, -0.25) is 4.79 Å². The first kappa shape index (κ1) is 18.4. The van der Waals surface area contributed by atoms with Gasteiger partial charge < -0.3 is 15.5 Å². The molecule has 0 atom stereocenters. The number of hydrogen-bond acceptors (Lipinski definition) is 4. The van der Waals surface area contributed by atoms with E-state index in [1.807, 2.05) is 43.3 Å². The minimum Gasteiger partial charge on any atom is -0.378 e. The van der Waals surface area contributed by atoms with E-state index in [4.69, 9.17) is 0 Å². The quantitative estimate of drug-likeness (QED) is 0.688. The zero-order chi connectivity index (χ0) is 19.2. The molecule has 0 spiro atoms. The molecule has 0 fully saturated rings. The van der Waals surface area contributed by atoms with Crippen molar-refractivity contribution in [3.05, 3.63) is 78.2 Å². The van der Waals surface area contributed by atoms with Crippen LogP contribution in [0.3, 0.4) is 0 Å². The molecule has 27 heavy (non-hydrogen) atoms. The Labute approximate surface area is 157 Å². The van der Waals surface area contributed by atoms with Crippen molar-refractivity contribution in [3.63, 3.8) is 0 Å². The van der Waals surface area contributed by atoms with Crippen molar-refractivity contribution < 1.29 is 9.18 Å². The smallest absolute Gasteiger partial charge is 0.228 e. The number of nitrogens with zero attached hydrogens (tertiary/aromatic N) is 2. The van der Waals surface area contributed by atoms with Crippen molar-refractivity contribution in [2.45, 2.75) is 6.42 Å². The van der Waals surface area contributed by atoms with Crippen LogP contribution < -0.4 is 15.5 Å². The normalized spacial score (nSPS) is 10.3. The van der Waals surface area contributed by atoms with E-state index >= 15 is 0 Å². The minimum atomic E-state index is -0.384. The maximum Gasteiger partial charge on any atom is 0.228 e. The van der Waals surface area contributed by atoms with E-state index in [0.717, 1.165) is 11.4 Å². The summed E-state index contributed by atoms with van der Waals surface area (Å²) in [6, 6.07) is 17.7. The Hall–Kier alpha value is -3.41. The van der Waals surface area contributed by atoms with Crippen molar-refractivity contribution in [2.24, 2.45) is 0 Å². The fourth-order valence-electron chi connectivity index (χ4n) is 2.55. The molecule has 0 saturated carbocycles. The third-order valence-corrected chi connectivity index (χ3v) is 4.01. The Bertz CT molecular complexity index is 908. The van der Waals surface area contributed by atoms with Gasteiger partial charge in [-0.05, 0) is 48.0 Å². The first-order chi connectivity index (χ1) is 13.0. The molecule has 3 aromatic rings. The molecule has 2 aromatic carbocycles. The number of carbonyl (C=O) groups excluding carboxylic acids is 1. The van der Waals surface area contributed by atoms with Gasteiger partial charge in [-0.15, -0.1) is 0 Å². The third kappa shape index (κ3) is 5.04. The van der Waals surface area contributed by atoms with Gasteiger partial charge >= 0.3 is 0 Å². The standard InChI is InChI=1S/C21H21FN4O/c1-26(2)18-10-7-16(8-11-18)24-20-12-9-17(14-23-20)25-21(27)13-15-5-3-4-6-19(15)22/h3-12,14H,13H2,1-2H3,(H,23,24)(H,25,27). The maximum absolute atomic E-state index is 13.6. The van der Waals surface area contributed by atoms with Crippen LogP contribution in [0.15, 0.2) is 66.9 Å². The molecule has 138 valence electrons. The summed E-state index contributed by atoms with van der Waals surface area (Å²) in [5, 5.41) is 5.93. The molecular formula is C21H21FN4O. The van der Waals surface area contributed by atoms with Crippen LogP contribution in [0.5, 0.6) is 0 Å². The van der Waals surface area contributed by atoms with Crippen molar-refractivity contribution in [1.82, 2.24) is 4.98 Å². The predicted molar refractivity (Wildman–Crippen MR) is 107 cm³/mol. The van der Waals surface area contributed by atoms with Gasteiger partial charge in [0, 0.05) is 25.5 Å². The number of hydrogen-bond donors (Lipinski definition) is 2. The minimum absolute atomic E-state index is 0.0229. The van der Waals surface area contributed by atoms with Gasteiger partial charge in [0.05, 0.1) is 18.3 Å². The summed E-state index contributed by atoms with van der Waals surface area (Å²) in [5.74, 6) is -0.00722. The van der Waals surface area contributed by atoms with Gasteiger partial charge in [-0.2, -0.15) is 0 Å². The Kier molecular flexibility index (Phi) is 5.66. The van der Waals surface area contributed by atoms with E-state index in [-0.39, 0.29) is 18.1 Å². The van der Waals surface area contributed by atoms with Crippen LogP contribution in [0.4, 0.5) is 27.3 Å². The summed E-state index contributed by atoms with van der Waals surface area (Å²) < 4.78 is 13.6. The molecule has 0 unspecified atom stereocenters. The zero-order valence-corrected chi connectivity index (χ0v) is 15.2. The summed E-state index contributed by atoms with van der Waals surface area (Å²) >= 11 is 0. The highest BCUT2D eigenvalue weighted by Gasteiger charge is 2.08. The predicted octanol–water partition coefficient (Wildman–Crippen LogP) is 4.21. The monoisotopic (exact) mass is 364 g/mol. The number of benzene rings is 2. The molecule has 0 bridgehead atoms. The molecule has 0 radical (unpaired) electrons. The highest BCUT2D eigenvalue weighted by molar-refractivity contribution is 5.92. The molecule has 6 heteroatoms. The lowest BCUT2D eigenvalue weighted by atomic mass is 10.1. The summed E-state index contributed by atoms with van der Waals surface area (Å²) in [4.78, 5) is 18.4. The lowest BCUT2D eigenvalue weighted by Crippen LogP contribution is -2.15. The van der Waals surface area contributed by atoms with Crippen LogP contribution in [0.1, 0.15) is 5.56 Å². The molecular weight excluding hydrogens is 343 g/mol. The highest BCUT2D eigenvalue weighted by atomic mass is 19.1. The molecule has 1 amide bonds. The van der Waals surface area contributed by atoms with E-state index in [1.165, 1.54) is 6.07 Å². The summed E-state index contributed by atoms with van der Waals surface area (Å²) in [7, 11) is 3.98. The first-order valence-corrected chi connectivity index (χ1v) is 8.55. The highest BCUT2D eigenvalue weighted by Crippen LogP contribution is 2.20. The van der Waals surface area contributed by atoms with Crippen LogP contribution in [0.25, 0.3) is 0 Å². The Morgan fingerprint density at radius 2 is 1.70 bits per heavy atom. The first-order valence-electron chi connectivity index (χ1n) is 8.55. The fraction of sp³-hybridized carbons (Fsp3) is 0.143. The average Bonchev–Trinajstić information content (AvgIpc) is 2.66. The molecule has 5 nitrogen and oxygen atoms in total. The summed E-state index contributed by atoms with van der Waals surface area (Å²) in [6.45, 7) is 0. The number of rotatable bonds is 6. The Morgan fingerprint density at radius 1 is 1.00 bits per heavy atom. The molecule has 3 rings (SSSR count). The van der Waals surface area contributed by atoms with Crippen molar-refractivity contribution >= 4 is 28.8 Å². The zero-order valence-electron chi connectivity index (χ0n) is 15.2. The number of halogens is 1. The second kappa shape index (κ2) is 8.31. The molecule has 0 aliphatic carbocycles. The van der Waals surface area contributed by atoms with Crippen LogP contribution >= 0.6 is 0 Å². The molecule has 0 saturated heterocycles. The summed E-state index contributed by atoms with van der Waals surface area (Å²) in [6.07, 6.45) is 1.54. The van der Waals surface area contributed by atoms with E-state index < -0.39 is 0 Å². The van der Waals surface area contributed by atoms with E-state index in [0.29, 0.717) is 17.1 Å². The number of anilines is 4. The maximum atomic E-state index is 13.6. The van der Waals surface area contributed by atoms with Crippen LogP contribution in [-0.2, 0) is 11.2 Å². The number of nitrogens with one attached hydrogen (secondary N) is 2. The number of pyridine rings is 1.